The predicted molar refractivity (Wildman–Crippen MR) is 82.0 cm³/mol. The Hall–Kier alpha value is -1.90. The Balaban J connectivity index is 2.35. The summed E-state index contributed by atoms with van der Waals surface area (Å²) in [6.07, 6.45) is 5.95. The fourth-order valence-electron chi connectivity index (χ4n) is 2.25. The van der Waals surface area contributed by atoms with Gasteiger partial charge in [-0.2, -0.15) is 5.10 Å². The molecule has 1 heterocycles. The quantitative estimate of drug-likeness (QED) is 0.734. The number of hydrogen-bond acceptors (Lipinski definition) is 2. The van der Waals surface area contributed by atoms with E-state index in [0.29, 0.717) is 11.6 Å². The molecule has 0 saturated heterocycles. The van der Waals surface area contributed by atoms with Crippen molar-refractivity contribution in [1.82, 2.24) is 9.78 Å². The molecule has 0 amide bonds. The van der Waals surface area contributed by atoms with Crippen LogP contribution in [-0.2, 0) is 6.42 Å². The van der Waals surface area contributed by atoms with Gasteiger partial charge in [0.1, 0.15) is 5.69 Å². The van der Waals surface area contributed by atoms with Gasteiger partial charge in [0.25, 0.3) is 0 Å². The van der Waals surface area contributed by atoms with Crippen molar-refractivity contribution in [2.75, 3.05) is 0 Å². The van der Waals surface area contributed by atoms with E-state index in [1.54, 1.807) is 0 Å². The van der Waals surface area contributed by atoms with Crippen LogP contribution >= 0.6 is 0 Å². The second kappa shape index (κ2) is 6.51. The van der Waals surface area contributed by atoms with Crippen molar-refractivity contribution in [2.24, 2.45) is 0 Å². The van der Waals surface area contributed by atoms with E-state index in [2.05, 4.69) is 50.1 Å². The number of carbonyl (C=O) groups is 1. The lowest BCUT2D eigenvalue weighted by Gasteiger charge is -2.08. The normalized spacial score (nSPS) is 12.3. The molecule has 20 heavy (non-hydrogen) atoms. The smallest absolute Gasteiger partial charge is 0.153 e. The van der Waals surface area contributed by atoms with Crippen molar-refractivity contribution < 1.29 is 4.79 Å². The second-order valence-corrected chi connectivity index (χ2v) is 5.24. The van der Waals surface area contributed by atoms with Crippen LogP contribution in [0.1, 0.15) is 55.6 Å². The number of aldehydes is 1. The van der Waals surface area contributed by atoms with E-state index < -0.39 is 0 Å². The Bertz CT molecular complexity index is 569. The van der Waals surface area contributed by atoms with Gasteiger partial charge in [0, 0.05) is 17.8 Å². The van der Waals surface area contributed by atoms with E-state index in [-0.39, 0.29) is 0 Å². The largest absolute Gasteiger partial charge is 0.298 e. The first-order chi connectivity index (χ1) is 9.69. The Morgan fingerprint density at radius 1 is 1.25 bits per heavy atom. The molecule has 0 bridgehead atoms. The highest BCUT2D eigenvalue weighted by atomic mass is 16.1. The third-order valence-electron chi connectivity index (χ3n) is 3.70. The molecule has 0 saturated carbocycles. The van der Waals surface area contributed by atoms with Crippen molar-refractivity contribution >= 4 is 6.29 Å². The summed E-state index contributed by atoms with van der Waals surface area (Å²) in [5.74, 6) is 0. The maximum absolute atomic E-state index is 11.2. The first-order valence-corrected chi connectivity index (χ1v) is 7.33. The third-order valence-corrected chi connectivity index (χ3v) is 3.70. The van der Waals surface area contributed by atoms with Crippen molar-refractivity contribution in [1.29, 1.82) is 0 Å². The predicted octanol–water partition coefficient (Wildman–Crippen LogP) is 4.29. The number of carbonyl (C=O) groups excluding carboxylic acids is 1. The van der Waals surface area contributed by atoms with Crippen LogP contribution in [-0.4, -0.2) is 16.1 Å². The lowest BCUT2D eigenvalue weighted by Crippen LogP contribution is -2.04. The van der Waals surface area contributed by atoms with Gasteiger partial charge < -0.3 is 0 Å². The first kappa shape index (κ1) is 14.5. The maximum Gasteiger partial charge on any atom is 0.153 e. The van der Waals surface area contributed by atoms with Crippen LogP contribution in [0.4, 0.5) is 0 Å². The van der Waals surface area contributed by atoms with Gasteiger partial charge in [0.2, 0.25) is 0 Å². The van der Waals surface area contributed by atoms with E-state index in [9.17, 15) is 4.79 Å². The Morgan fingerprint density at radius 3 is 2.50 bits per heavy atom. The summed E-state index contributed by atoms with van der Waals surface area (Å²) in [5.41, 5.74) is 3.77. The minimum Gasteiger partial charge on any atom is -0.298 e. The second-order valence-electron chi connectivity index (χ2n) is 5.24. The Morgan fingerprint density at radius 2 is 1.95 bits per heavy atom. The summed E-state index contributed by atoms with van der Waals surface area (Å²) in [4.78, 5) is 11.2. The van der Waals surface area contributed by atoms with Crippen LogP contribution in [0.5, 0.6) is 0 Å². The third kappa shape index (κ3) is 2.98. The fourth-order valence-corrected chi connectivity index (χ4v) is 2.25. The van der Waals surface area contributed by atoms with Gasteiger partial charge in [-0.3, -0.25) is 9.48 Å². The van der Waals surface area contributed by atoms with Crippen LogP contribution in [0.25, 0.3) is 11.3 Å². The molecule has 3 nitrogen and oxygen atoms in total. The lowest BCUT2D eigenvalue weighted by molar-refractivity contribution is 0.112. The van der Waals surface area contributed by atoms with E-state index in [1.165, 1.54) is 5.56 Å². The topological polar surface area (TPSA) is 34.9 Å². The van der Waals surface area contributed by atoms with Crippen LogP contribution < -0.4 is 0 Å². The van der Waals surface area contributed by atoms with Crippen LogP contribution in [0.2, 0.25) is 0 Å². The Labute approximate surface area is 120 Å². The highest BCUT2D eigenvalue weighted by molar-refractivity contribution is 5.85. The standard InChI is InChI=1S/C17H22N2O/c1-4-6-14-7-9-15(10-8-14)17-16(12-20)11-19(18-17)13(3)5-2/h7-13H,4-6H2,1-3H3. The molecule has 1 atom stereocenters. The first-order valence-electron chi connectivity index (χ1n) is 7.33. The molecule has 2 rings (SSSR count). The van der Waals surface area contributed by atoms with E-state index in [1.807, 2.05) is 10.9 Å². The summed E-state index contributed by atoms with van der Waals surface area (Å²) in [7, 11) is 0. The maximum atomic E-state index is 11.2. The molecule has 1 unspecified atom stereocenters. The molecule has 0 fully saturated rings. The molecular weight excluding hydrogens is 248 g/mol. The van der Waals surface area contributed by atoms with Crippen molar-refractivity contribution in [2.45, 2.75) is 46.1 Å². The van der Waals surface area contributed by atoms with Crippen LogP contribution in [0, 0.1) is 0 Å². The average Bonchev–Trinajstić information content (AvgIpc) is 2.92. The summed E-state index contributed by atoms with van der Waals surface area (Å²) in [6.45, 7) is 6.40. The highest BCUT2D eigenvalue weighted by Crippen LogP contribution is 2.23. The zero-order valence-corrected chi connectivity index (χ0v) is 12.5. The van der Waals surface area contributed by atoms with Gasteiger partial charge in [0.15, 0.2) is 6.29 Å². The highest BCUT2D eigenvalue weighted by Gasteiger charge is 2.13. The minimum absolute atomic E-state index is 0.307. The number of aromatic nitrogens is 2. The molecule has 1 aromatic heterocycles. The number of benzene rings is 1. The molecule has 106 valence electrons. The van der Waals surface area contributed by atoms with Crippen LogP contribution in [0.15, 0.2) is 30.5 Å². The zero-order chi connectivity index (χ0) is 14.5. The molecule has 0 spiro atoms. The molecule has 0 aliphatic rings. The van der Waals surface area contributed by atoms with E-state index in [4.69, 9.17) is 0 Å². The van der Waals surface area contributed by atoms with Crippen molar-refractivity contribution in [3.05, 3.63) is 41.6 Å². The van der Waals surface area contributed by atoms with Crippen molar-refractivity contribution in [3.8, 4) is 11.3 Å². The molecule has 3 heteroatoms. The zero-order valence-electron chi connectivity index (χ0n) is 12.5. The molecule has 0 N–H and O–H groups in total. The number of aryl methyl sites for hydroxylation is 1. The van der Waals surface area contributed by atoms with Gasteiger partial charge in [-0.15, -0.1) is 0 Å². The summed E-state index contributed by atoms with van der Waals surface area (Å²) < 4.78 is 1.89. The van der Waals surface area contributed by atoms with Crippen molar-refractivity contribution in [3.63, 3.8) is 0 Å². The number of rotatable bonds is 6. The molecule has 1 aromatic carbocycles. The molecule has 0 aliphatic heterocycles. The van der Waals surface area contributed by atoms with Crippen LogP contribution in [0.3, 0.4) is 0 Å². The SMILES string of the molecule is CCCc1ccc(-c2nn(C(C)CC)cc2C=O)cc1. The van der Waals surface area contributed by atoms with Gasteiger partial charge >= 0.3 is 0 Å². The average molecular weight is 270 g/mol. The fraction of sp³-hybridized carbons (Fsp3) is 0.412. The molecule has 0 aliphatic carbocycles. The van der Waals surface area contributed by atoms with E-state index in [0.717, 1.165) is 36.8 Å². The van der Waals surface area contributed by atoms with Gasteiger partial charge in [0.05, 0.1) is 5.56 Å². The van der Waals surface area contributed by atoms with Gasteiger partial charge in [-0.1, -0.05) is 44.5 Å². The monoisotopic (exact) mass is 270 g/mol. The van der Waals surface area contributed by atoms with Gasteiger partial charge in [-0.25, -0.2) is 0 Å². The molecule has 2 aromatic rings. The lowest BCUT2D eigenvalue weighted by atomic mass is 10.0. The minimum atomic E-state index is 0.307. The summed E-state index contributed by atoms with van der Waals surface area (Å²) >= 11 is 0. The summed E-state index contributed by atoms with van der Waals surface area (Å²) in [5, 5.41) is 4.58. The molecule has 0 radical (unpaired) electrons. The summed E-state index contributed by atoms with van der Waals surface area (Å²) in [6, 6.07) is 8.66. The number of hydrogen-bond donors (Lipinski definition) is 0. The number of nitrogens with zero attached hydrogens (tertiary/aromatic N) is 2. The Kier molecular flexibility index (Phi) is 4.72. The molecular formula is C17H22N2O. The van der Waals surface area contributed by atoms with Gasteiger partial charge in [-0.05, 0) is 25.3 Å². The van der Waals surface area contributed by atoms with E-state index >= 15 is 0 Å².